The van der Waals surface area contributed by atoms with Gasteiger partial charge in [-0.25, -0.2) is 0 Å². The molecule has 0 bridgehead atoms. The van der Waals surface area contributed by atoms with Crippen molar-refractivity contribution < 1.29 is 10.2 Å². The van der Waals surface area contributed by atoms with Crippen LogP contribution in [-0.2, 0) is 0 Å². The summed E-state index contributed by atoms with van der Waals surface area (Å²) in [4.78, 5) is 0. The highest BCUT2D eigenvalue weighted by atomic mass is 16.3. The van der Waals surface area contributed by atoms with Crippen molar-refractivity contribution in [2.75, 3.05) is 0 Å². The average Bonchev–Trinajstić information content (AvgIpc) is 2.28. The normalized spacial score (nSPS) is 17.9. The van der Waals surface area contributed by atoms with E-state index in [1.165, 1.54) is 19.3 Å². The third-order valence-corrected chi connectivity index (χ3v) is 3.97. The molecule has 0 radical (unpaired) electrons. The third kappa shape index (κ3) is 6.55. The average molecular weight is 256 g/mol. The van der Waals surface area contributed by atoms with Gasteiger partial charge in [0.1, 0.15) is 0 Å². The molecule has 0 aromatic carbocycles. The second-order valence-electron chi connectivity index (χ2n) is 6.15. The van der Waals surface area contributed by atoms with E-state index in [1.807, 2.05) is 13.8 Å². The van der Waals surface area contributed by atoms with E-state index in [0.29, 0.717) is 12.3 Å². The second kappa shape index (κ2) is 8.71. The summed E-state index contributed by atoms with van der Waals surface area (Å²) in [7, 11) is 0. The highest BCUT2D eigenvalue weighted by molar-refractivity contribution is 4.91. The summed E-state index contributed by atoms with van der Waals surface area (Å²) in [6.45, 7) is 9.91. The van der Waals surface area contributed by atoms with E-state index in [1.54, 1.807) is 6.92 Å². The van der Waals surface area contributed by atoms with Gasteiger partial charge < -0.3 is 10.2 Å². The van der Waals surface area contributed by atoms with Gasteiger partial charge in [-0.3, -0.25) is 0 Å². The van der Waals surface area contributed by atoms with E-state index in [0.717, 1.165) is 6.42 Å². The molecule has 0 fully saturated rings. The summed E-state index contributed by atoms with van der Waals surface area (Å²) in [6, 6.07) is 0. The molecule has 0 spiro atoms. The van der Waals surface area contributed by atoms with Gasteiger partial charge in [0.15, 0.2) is 0 Å². The largest absolute Gasteiger partial charge is 0.393 e. The van der Waals surface area contributed by atoms with Gasteiger partial charge in [-0.15, -0.1) is 0 Å². The molecule has 0 aliphatic rings. The maximum atomic E-state index is 10.2. The number of aliphatic hydroxyl groups is 2. The molecule has 0 saturated heterocycles. The molecule has 2 nitrogen and oxygen atoms in total. The van der Waals surface area contributed by atoms with Gasteiger partial charge in [0.2, 0.25) is 0 Å². The summed E-state index contributed by atoms with van der Waals surface area (Å²) in [5, 5.41) is 19.8. The first-order chi connectivity index (χ1) is 8.32. The molecule has 2 N–H and O–H groups in total. The molecular formula is C16H32O2. The Hall–Kier alpha value is -0.340. The van der Waals surface area contributed by atoms with Gasteiger partial charge in [-0.05, 0) is 32.1 Å². The van der Waals surface area contributed by atoms with E-state index >= 15 is 0 Å². The van der Waals surface area contributed by atoms with E-state index in [4.69, 9.17) is 0 Å². The van der Waals surface area contributed by atoms with Crippen LogP contribution in [0.15, 0.2) is 12.2 Å². The molecule has 0 heterocycles. The van der Waals surface area contributed by atoms with Crippen LogP contribution in [0.5, 0.6) is 0 Å². The summed E-state index contributed by atoms with van der Waals surface area (Å²) in [5.74, 6) is 0.361. The quantitative estimate of drug-likeness (QED) is 0.485. The number of unbranched alkanes of at least 4 members (excludes halogenated alkanes) is 3. The van der Waals surface area contributed by atoms with Crippen molar-refractivity contribution in [1.29, 1.82) is 0 Å². The van der Waals surface area contributed by atoms with E-state index < -0.39 is 17.6 Å². The molecule has 2 heteroatoms. The number of rotatable bonds is 9. The number of hydrogen-bond donors (Lipinski definition) is 2. The number of allylic oxidation sites excluding steroid dienone is 2. The summed E-state index contributed by atoms with van der Waals surface area (Å²) >= 11 is 0. The summed E-state index contributed by atoms with van der Waals surface area (Å²) < 4.78 is 0. The van der Waals surface area contributed by atoms with Crippen LogP contribution in [0, 0.1) is 11.3 Å². The molecule has 3 atom stereocenters. The lowest BCUT2D eigenvalue weighted by Crippen LogP contribution is -2.39. The van der Waals surface area contributed by atoms with Crippen molar-refractivity contribution in [3.8, 4) is 0 Å². The molecule has 0 amide bonds. The smallest absolute Gasteiger partial charge is 0.0621 e. The number of hydrogen-bond acceptors (Lipinski definition) is 2. The Bertz CT molecular complexity index is 231. The van der Waals surface area contributed by atoms with Gasteiger partial charge in [-0.2, -0.15) is 0 Å². The zero-order chi connectivity index (χ0) is 14.2. The second-order valence-corrected chi connectivity index (χ2v) is 6.15. The van der Waals surface area contributed by atoms with Crippen LogP contribution in [0.25, 0.3) is 0 Å². The molecule has 0 aliphatic heterocycles. The van der Waals surface area contributed by atoms with Gasteiger partial charge in [0, 0.05) is 5.41 Å². The summed E-state index contributed by atoms with van der Waals surface area (Å²) in [6.07, 6.45) is 9.10. The van der Waals surface area contributed by atoms with Crippen LogP contribution >= 0.6 is 0 Å². The van der Waals surface area contributed by atoms with E-state index in [-0.39, 0.29) is 0 Å². The van der Waals surface area contributed by atoms with Gasteiger partial charge in [0.25, 0.3) is 0 Å². The standard InChI is InChI=1S/C16H32O2/c1-6-7-8-9-10-11-13(2)12-15(18)16(4,5)14(3)17/h10-11,13-15,17-18H,6-9,12H2,1-5H3. The molecule has 0 aromatic heterocycles. The Labute approximate surface area is 113 Å². The topological polar surface area (TPSA) is 40.5 Å². The minimum absolute atomic E-state index is 0.361. The maximum absolute atomic E-state index is 10.2. The Morgan fingerprint density at radius 3 is 2.22 bits per heavy atom. The van der Waals surface area contributed by atoms with Crippen molar-refractivity contribution in [3.63, 3.8) is 0 Å². The first-order valence-corrected chi connectivity index (χ1v) is 7.35. The molecule has 0 aliphatic carbocycles. The fraction of sp³-hybridized carbons (Fsp3) is 0.875. The molecule has 18 heavy (non-hydrogen) atoms. The predicted octanol–water partition coefficient (Wildman–Crippen LogP) is 3.92. The van der Waals surface area contributed by atoms with Crippen LogP contribution in [-0.4, -0.2) is 22.4 Å². The van der Waals surface area contributed by atoms with Gasteiger partial charge in [0.05, 0.1) is 12.2 Å². The Kier molecular flexibility index (Phi) is 8.54. The Morgan fingerprint density at radius 2 is 1.72 bits per heavy atom. The molecule has 108 valence electrons. The molecular weight excluding hydrogens is 224 g/mol. The van der Waals surface area contributed by atoms with Crippen molar-refractivity contribution in [1.82, 2.24) is 0 Å². The van der Waals surface area contributed by atoms with Crippen molar-refractivity contribution >= 4 is 0 Å². The zero-order valence-corrected chi connectivity index (χ0v) is 12.8. The maximum Gasteiger partial charge on any atom is 0.0621 e. The summed E-state index contributed by atoms with van der Waals surface area (Å²) in [5.41, 5.74) is -0.440. The Morgan fingerprint density at radius 1 is 1.11 bits per heavy atom. The first-order valence-electron chi connectivity index (χ1n) is 7.35. The predicted molar refractivity (Wildman–Crippen MR) is 78.5 cm³/mol. The highest BCUT2D eigenvalue weighted by Crippen LogP contribution is 2.29. The third-order valence-electron chi connectivity index (χ3n) is 3.97. The van der Waals surface area contributed by atoms with Gasteiger partial charge >= 0.3 is 0 Å². The molecule has 0 rings (SSSR count). The first kappa shape index (κ1) is 17.7. The zero-order valence-electron chi connectivity index (χ0n) is 12.8. The lowest BCUT2D eigenvalue weighted by atomic mass is 9.78. The molecule has 0 saturated carbocycles. The molecule has 3 unspecified atom stereocenters. The van der Waals surface area contributed by atoms with Gasteiger partial charge in [-0.1, -0.05) is 52.7 Å². The minimum atomic E-state index is -0.492. The van der Waals surface area contributed by atoms with Crippen molar-refractivity contribution in [2.24, 2.45) is 11.3 Å². The van der Waals surface area contributed by atoms with E-state index in [9.17, 15) is 10.2 Å². The lowest BCUT2D eigenvalue weighted by molar-refractivity contribution is -0.0456. The fourth-order valence-corrected chi connectivity index (χ4v) is 1.85. The Balaban J connectivity index is 4.04. The SMILES string of the molecule is CCCCCC=CC(C)CC(O)C(C)(C)C(C)O. The highest BCUT2D eigenvalue weighted by Gasteiger charge is 2.33. The van der Waals surface area contributed by atoms with Crippen LogP contribution in [0.3, 0.4) is 0 Å². The van der Waals surface area contributed by atoms with Crippen LogP contribution in [0.2, 0.25) is 0 Å². The van der Waals surface area contributed by atoms with Crippen LogP contribution in [0.4, 0.5) is 0 Å². The van der Waals surface area contributed by atoms with E-state index in [2.05, 4.69) is 26.0 Å². The van der Waals surface area contributed by atoms with Crippen molar-refractivity contribution in [3.05, 3.63) is 12.2 Å². The number of aliphatic hydroxyl groups excluding tert-OH is 2. The van der Waals surface area contributed by atoms with Crippen molar-refractivity contribution in [2.45, 2.75) is 78.9 Å². The van der Waals surface area contributed by atoms with Crippen LogP contribution < -0.4 is 0 Å². The molecule has 0 aromatic rings. The lowest BCUT2D eigenvalue weighted by Gasteiger charge is -2.34. The fourth-order valence-electron chi connectivity index (χ4n) is 1.85. The monoisotopic (exact) mass is 256 g/mol. The van der Waals surface area contributed by atoms with Crippen LogP contribution in [0.1, 0.15) is 66.7 Å². The minimum Gasteiger partial charge on any atom is -0.393 e.